The molecule has 0 atom stereocenters. The Balaban J connectivity index is 2.47. The van der Waals surface area contributed by atoms with Crippen molar-refractivity contribution in [2.75, 3.05) is 18.5 Å². The van der Waals surface area contributed by atoms with Crippen molar-refractivity contribution in [1.82, 2.24) is 0 Å². The fourth-order valence-corrected chi connectivity index (χ4v) is 1.65. The summed E-state index contributed by atoms with van der Waals surface area (Å²) in [5.41, 5.74) is 2.34. The first-order valence-corrected chi connectivity index (χ1v) is 4.08. The van der Waals surface area contributed by atoms with Gasteiger partial charge in [-0.05, 0) is 11.6 Å². The van der Waals surface area contributed by atoms with Gasteiger partial charge in [0.25, 0.3) is 0 Å². The average molecular weight is 161 g/mol. The number of hydrogen-bond acceptors (Lipinski definition) is 2. The Morgan fingerprint density at radius 1 is 1.33 bits per heavy atom. The van der Waals surface area contributed by atoms with Crippen molar-refractivity contribution in [2.24, 2.45) is 0 Å². The van der Waals surface area contributed by atoms with Gasteiger partial charge in [-0.2, -0.15) is 0 Å². The number of fused-ring (bicyclic) bond motifs is 1. The summed E-state index contributed by atoms with van der Waals surface area (Å²) in [7, 11) is 1.95. The van der Waals surface area contributed by atoms with E-state index in [2.05, 4.69) is 6.07 Å². The molecule has 1 aromatic carbocycles. The third-order valence-electron chi connectivity index (χ3n) is 2.20. The molecule has 1 heterocycles. The number of benzene rings is 1. The number of carbonyl (C=O) groups excluding carboxylic acids is 1. The van der Waals surface area contributed by atoms with Crippen LogP contribution in [0.1, 0.15) is 5.56 Å². The molecular formula is C10H11NO. The van der Waals surface area contributed by atoms with Crippen LogP contribution in [0.5, 0.6) is 0 Å². The Bertz CT molecular complexity index is 319. The van der Waals surface area contributed by atoms with Gasteiger partial charge < -0.3 is 4.90 Å². The minimum atomic E-state index is 0.302. The zero-order valence-electron chi connectivity index (χ0n) is 7.08. The molecule has 0 aliphatic carbocycles. The topological polar surface area (TPSA) is 20.3 Å². The van der Waals surface area contributed by atoms with E-state index in [-0.39, 0.29) is 0 Å². The molecular weight excluding hydrogens is 150 g/mol. The van der Waals surface area contributed by atoms with E-state index in [1.165, 1.54) is 5.69 Å². The molecule has 1 aromatic rings. The van der Waals surface area contributed by atoms with Crippen LogP contribution in [0.25, 0.3) is 0 Å². The van der Waals surface area contributed by atoms with Crippen LogP contribution in [0.2, 0.25) is 0 Å². The van der Waals surface area contributed by atoms with Gasteiger partial charge in [0.1, 0.15) is 0 Å². The second-order valence-electron chi connectivity index (χ2n) is 3.20. The van der Waals surface area contributed by atoms with Gasteiger partial charge in [-0.3, -0.25) is 4.79 Å². The fraction of sp³-hybridized carbons (Fsp3) is 0.300. The van der Waals surface area contributed by atoms with Crippen LogP contribution in [0.15, 0.2) is 24.3 Å². The number of Topliss-reactive ketones (excluding diaryl/α,β-unsaturated/α-hetero) is 1. The maximum absolute atomic E-state index is 11.2. The fourth-order valence-electron chi connectivity index (χ4n) is 1.65. The van der Waals surface area contributed by atoms with Crippen molar-refractivity contribution in [3.63, 3.8) is 0 Å². The Morgan fingerprint density at radius 3 is 2.92 bits per heavy atom. The van der Waals surface area contributed by atoms with Crippen molar-refractivity contribution < 1.29 is 4.79 Å². The van der Waals surface area contributed by atoms with E-state index in [0.717, 1.165) is 5.56 Å². The minimum absolute atomic E-state index is 0.302. The quantitative estimate of drug-likeness (QED) is 0.570. The van der Waals surface area contributed by atoms with Crippen molar-refractivity contribution in [3.8, 4) is 0 Å². The highest BCUT2D eigenvalue weighted by atomic mass is 16.1. The van der Waals surface area contributed by atoms with Gasteiger partial charge in [0.15, 0.2) is 5.78 Å². The number of anilines is 1. The van der Waals surface area contributed by atoms with Crippen LogP contribution in [0.3, 0.4) is 0 Å². The zero-order chi connectivity index (χ0) is 8.55. The molecule has 0 unspecified atom stereocenters. The normalized spacial score (nSPS) is 16.1. The Hall–Kier alpha value is -1.31. The van der Waals surface area contributed by atoms with E-state index < -0.39 is 0 Å². The summed E-state index contributed by atoms with van der Waals surface area (Å²) in [5, 5.41) is 0. The smallest absolute Gasteiger partial charge is 0.156 e. The lowest BCUT2D eigenvalue weighted by atomic mass is 10.0. The molecule has 0 saturated carbocycles. The van der Waals surface area contributed by atoms with E-state index in [4.69, 9.17) is 0 Å². The average Bonchev–Trinajstić information content (AvgIpc) is 2.04. The lowest BCUT2D eigenvalue weighted by Gasteiger charge is -2.26. The zero-order valence-corrected chi connectivity index (χ0v) is 7.08. The summed E-state index contributed by atoms with van der Waals surface area (Å²) in [6, 6.07) is 8.06. The molecule has 2 rings (SSSR count). The Kier molecular flexibility index (Phi) is 1.61. The summed E-state index contributed by atoms with van der Waals surface area (Å²) in [4.78, 5) is 13.2. The van der Waals surface area contributed by atoms with E-state index in [0.29, 0.717) is 18.7 Å². The molecule has 0 amide bonds. The number of hydrogen-bond donors (Lipinski definition) is 0. The highest BCUT2D eigenvalue weighted by Gasteiger charge is 2.18. The SMILES string of the molecule is CN1CC(=O)Cc2ccccc21. The number of rotatable bonds is 0. The molecule has 1 aliphatic rings. The van der Waals surface area contributed by atoms with Crippen molar-refractivity contribution in [1.29, 1.82) is 0 Å². The third kappa shape index (κ3) is 1.09. The molecule has 0 N–H and O–H groups in total. The van der Waals surface area contributed by atoms with Crippen molar-refractivity contribution in [2.45, 2.75) is 6.42 Å². The maximum Gasteiger partial charge on any atom is 0.156 e. The molecule has 0 bridgehead atoms. The second-order valence-corrected chi connectivity index (χ2v) is 3.20. The van der Waals surface area contributed by atoms with Gasteiger partial charge in [-0.1, -0.05) is 18.2 Å². The monoisotopic (exact) mass is 161 g/mol. The summed E-state index contributed by atoms with van der Waals surface area (Å²) in [5.74, 6) is 0.302. The lowest BCUT2D eigenvalue weighted by Crippen LogP contribution is -2.32. The highest BCUT2D eigenvalue weighted by molar-refractivity contribution is 5.90. The predicted octanol–water partition coefficient (Wildman–Crippen LogP) is 1.25. The number of carbonyl (C=O) groups is 1. The van der Waals surface area contributed by atoms with Crippen LogP contribution in [0, 0.1) is 0 Å². The summed E-state index contributed by atoms with van der Waals surface area (Å²) in [6.07, 6.45) is 0.598. The van der Waals surface area contributed by atoms with Crippen LogP contribution < -0.4 is 4.90 Å². The molecule has 2 heteroatoms. The van der Waals surface area contributed by atoms with Gasteiger partial charge in [0.05, 0.1) is 6.54 Å². The number of para-hydroxylation sites is 1. The van der Waals surface area contributed by atoms with Crippen LogP contribution in [-0.2, 0) is 11.2 Å². The van der Waals surface area contributed by atoms with Crippen LogP contribution in [-0.4, -0.2) is 19.4 Å². The maximum atomic E-state index is 11.2. The first-order valence-electron chi connectivity index (χ1n) is 4.08. The van der Waals surface area contributed by atoms with E-state index >= 15 is 0 Å². The molecule has 2 nitrogen and oxygen atoms in total. The van der Waals surface area contributed by atoms with Crippen LogP contribution >= 0.6 is 0 Å². The second kappa shape index (κ2) is 2.63. The number of nitrogens with zero attached hydrogens (tertiary/aromatic N) is 1. The number of ketones is 1. The molecule has 0 fully saturated rings. The molecule has 0 radical (unpaired) electrons. The van der Waals surface area contributed by atoms with Crippen molar-refractivity contribution in [3.05, 3.63) is 29.8 Å². The molecule has 1 aliphatic heterocycles. The first kappa shape index (κ1) is 7.35. The molecule has 0 aromatic heterocycles. The minimum Gasteiger partial charge on any atom is -0.367 e. The van der Waals surface area contributed by atoms with Crippen LogP contribution in [0.4, 0.5) is 5.69 Å². The third-order valence-corrected chi connectivity index (χ3v) is 2.20. The molecule has 0 saturated heterocycles. The number of likely N-dealkylation sites (N-methyl/N-ethyl adjacent to an activating group) is 1. The summed E-state index contributed by atoms with van der Waals surface area (Å²) in [6.45, 7) is 0.553. The van der Waals surface area contributed by atoms with Gasteiger partial charge in [0.2, 0.25) is 0 Å². The lowest BCUT2D eigenvalue weighted by molar-refractivity contribution is -0.117. The first-order chi connectivity index (χ1) is 5.77. The highest BCUT2D eigenvalue weighted by Crippen LogP contribution is 2.23. The van der Waals surface area contributed by atoms with E-state index in [1.54, 1.807) is 0 Å². The molecule has 12 heavy (non-hydrogen) atoms. The van der Waals surface area contributed by atoms with Gasteiger partial charge in [-0.25, -0.2) is 0 Å². The summed E-state index contributed by atoms with van der Waals surface area (Å²) < 4.78 is 0. The standard InChI is InChI=1S/C10H11NO/c1-11-7-9(12)6-8-4-2-3-5-10(8)11/h2-5H,6-7H2,1H3. The predicted molar refractivity (Wildman–Crippen MR) is 48.4 cm³/mol. The van der Waals surface area contributed by atoms with Crippen molar-refractivity contribution >= 4 is 11.5 Å². The Labute approximate surface area is 71.8 Å². The Morgan fingerprint density at radius 2 is 2.08 bits per heavy atom. The van der Waals surface area contributed by atoms with Gasteiger partial charge >= 0.3 is 0 Å². The van der Waals surface area contributed by atoms with Gasteiger partial charge in [0, 0.05) is 19.2 Å². The van der Waals surface area contributed by atoms with E-state index in [9.17, 15) is 4.79 Å². The largest absolute Gasteiger partial charge is 0.367 e. The summed E-state index contributed by atoms with van der Waals surface area (Å²) >= 11 is 0. The van der Waals surface area contributed by atoms with E-state index in [1.807, 2.05) is 30.1 Å². The van der Waals surface area contributed by atoms with Gasteiger partial charge in [-0.15, -0.1) is 0 Å². The molecule has 0 spiro atoms. The molecule has 62 valence electrons.